The Kier molecular flexibility index (Phi) is 5.22. The number of amides is 2. The lowest BCUT2D eigenvalue weighted by Crippen LogP contribution is -2.43. The average Bonchev–Trinajstić information content (AvgIpc) is 3.01. The van der Waals surface area contributed by atoms with Crippen LogP contribution in [0.3, 0.4) is 0 Å². The lowest BCUT2D eigenvalue weighted by molar-refractivity contribution is -0.205. The summed E-state index contributed by atoms with van der Waals surface area (Å²) in [6.07, 6.45) is -5.66. The van der Waals surface area contributed by atoms with Crippen LogP contribution in [0.1, 0.15) is 0 Å². The molecule has 2 aromatic rings. The predicted octanol–water partition coefficient (Wildman–Crippen LogP) is 3.20. The van der Waals surface area contributed by atoms with Gasteiger partial charge >= 0.3 is 12.2 Å². The minimum absolute atomic E-state index is 0.434. The molecule has 0 fully saturated rings. The summed E-state index contributed by atoms with van der Waals surface area (Å²) in [5.41, 5.74) is 1.31. The van der Waals surface area contributed by atoms with E-state index in [4.69, 9.17) is 5.11 Å². The van der Waals surface area contributed by atoms with Crippen molar-refractivity contribution in [2.45, 2.75) is 12.3 Å². The molecule has 23 heavy (non-hydrogen) atoms. The summed E-state index contributed by atoms with van der Waals surface area (Å²) in [5.74, 6) is 0. The molecule has 1 aromatic heterocycles. The second kappa shape index (κ2) is 6.97. The molecule has 0 saturated heterocycles. The van der Waals surface area contributed by atoms with Crippen LogP contribution in [0.5, 0.6) is 0 Å². The van der Waals surface area contributed by atoms with Crippen molar-refractivity contribution in [1.82, 2.24) is 9.88 Å². The van der Waals surface area contributed by atoms with E-state index in [1.807, 2.05) is 5.38 Å². The van der Waals surface area contributed by atoms with E-state index < -0.39 is 24.9 Å². The number of aliphatic hydroxyl groups excluding tert-OH is 1. The number of anilines is 1. The number of likely N-dealkylation sites (N-methyl/N-ethyl adjacent to an activating group) is 1. The van der Waals surface area contributed by atoms with Gasteiger partial charge in [0.25, 0.3) is 0 Å². The van der Waals surface area contributed by atoms with Gasteiger partial charge in [-0.05, 0) is 24.3 Å². The largest absolute Gasteiger partial charge is 0.416 e. The van der Waals surface area contributed by atoms with Crippen molar-refractivity contribution in [3.8, 4) is 10.6 Å². The first-order chi connectivity index (χ1) is 10.8. The van der Waals surface area contributed by atoms with E-state index in [0.29, 0.717) is 5.69 Å². The Morgan fingerprint density at radius 2 is 2.04 bits per heavy atom. The molecule has 0 unspecified atom stereocenters. The van der Waals surface area contributed by atoms with E-state index >= 15 is 0 Å². The molecule has 2 rings (SSSR count). The van der Waals surface area contributed by atoms with Crippen LogP contribution in [0, 0.1) is 0 Å². The van der Waals surface area contributed by atoms with Crippen molar-refractivity contribution in [3.05, 3.63) is 35.8 Å². The highest BCUT2D eigenvalue weighted by Crippen LogP contribution is 2.23. The standard InChI is InChI=1S/C14H14F3N3O2S/c1-20(8-11(21)14(15,16)17)13(22)19-10-4-2-9(3-5-10)12-18-6-7-23-12/h2-7,11,21H,8H2,1H3,(H,19,22)/t11-/m1/s1. The van der Waals surface area contributed by atoms with Gasteiger partial charge < -0.3 is 15.3 Å². The molecule has 124 valence electrons. The summed E-state index contributed by atoms with van der Waals surface area (Å²) < 4.78 is 36.8. The summed E-state index contributed by atoms with van der Waals surface area (Å²) >= 11 is 1.47. The van der Waals surface area contributed by atoms with Gasteiger partial charge in [-0.15, -0.1) is 11.3 Å². The molecule has 0 aliphatic carbocycles. The Balaban J connectivity index is 1.95. The Hall–Kier alpha value is -2.13. The van der Waals surface area contributed by atoms with Gasteiger partial charge in [-0.3, -0.25) is 0 Å². The number of benzene rings is 1. The number of thiazole rings is 1. The SMILES string of the molecule is CN(C[C@@H](O)C(F)(F)F)C(=O)Nc1ccc(-c2nccs2)cc1. The molecule has 1 heterocycles. The van der Waals surface area contributed by atoms with E-state index in [0.717, 1.165) is 15.5 Å². The number of aromatic nitrogens is 1. The first kappa shape index (κ1) is 17.2. The number of rotatable bonds is 4. The van der Waals surface area contributed by atoms with Crippen molar-refractivity contribution in [1.29, 1.82) is 0 Å². The molecule has 2 amide bonds. The molecule has 0 saturated carbocycles. The number of aliphatic hydroxyl groups is 1. The Morgan fingerprint density at radius 1 is 1.39 bits per heavy atom. The summed E-state index contributed by atoms with van der Waals surface area (Å²) in [6, 6.07) is 6.01. The maximum atomic E-state index is 12.3. The van der Waals surface area contributed by atoms with Crippen molar-refractivity contribution < 1.29 is 23.1 Å². The number of carbonyl (C=O) groups excluding carboxylic acids is 1. The van der Waals surface area contributed by atoms with Gasteiger partial charge in [0.2, 0.25) is 0 Å². The van der Waals surface area contributed by atoms with Gasteiger partial charge in [0.1, 0.15) is 5.01 Å². The lowest BCUT2D eigenvalue weighted by Gasteiger charge is -2.22. The Labute approximate surface area is 134 Å². The third-order valence-electron chi connectivity index (χ3n) is 2.99. The Morgan fingerprint density at radius 3 is 2.57 bits per heavy atom. The van der Waals surface area contributed by atoms with Crippen molar-refractivity contribution in [3.63, 3.8) is 0 Å². The molecule has 0 aliphatic rings. The summed E-state index contributed by atoms with van der Waals surface area (Å²) in [6.45, 7) is -0.841. The normalized spacial score (nSPS) is 12.7. The maximum Gasteiger partial charge on any atom is 0.416 e. The van der Waals surface area contributed by atoms with Crippen molar-refractivity contribution in [2.24, 2.45) is 0 Å². The number of carbonyl (C=O) groups is 1. The van der Waals surface area contributed by atoms with E-state index in [-0.39, 0.29) is 0 Å². The minimum Gasteiger partial charge on any atom is -0.382 e. The maximum absolute atomic E-state index is 12.3. The fourth-order valence-electron chi connectivity index (χ4n) is 1.73. The first-order valence-corrected chi connectivity index (χ1v) is 7.42. The average molecular weight is 345 g/mol. The third-order valence-corrected chi connectivity index (χ3v) is 3.81. The summed E-state index contributed by atoms with van der Waals surface area (Å²) in [7, 11) is 1.17. The quantitative estimate of drug-likeness (QED) is 0.894. The summed E-state index contributed by atoms with van der Waals surface area (Å²) in [5, 5.41) is 14.1. The van der Waals surface area contributed by atoms with Gasteiger partial charge in [0, 0.05) is 29.9 Å². The van der Waals surface area contributed by atoms with Crippen LogP contribution in [-0.4, -0.2) is 46.9 Å². The monoisotopic (exact) mass is 345 g/mol. The van der Waals surface area contributed by atoms with E-state index in [1.54, 1.807) is 30.5 Å². The zero-order valence-electron chi connectivity index (χ0n) is 12.0. The third kappa shape index (κ3) is 4.67. The van der Waals surface area contributed by atoms with Gasteiger partial charge in [-0.25, -0.2) is 9.78 Å². The number of nitrogens with one attached hydrogen (secondary N) is 1. The van der Waals surface area contributed by atoms with Crippen LogP contribution in [-0.2, 0) is 0 Å². The highest BCUT2D eigenvalue weighted by atomic mass is 32.1. The number of halogens is 3. The smallest absolute Gasteiger partial charge is 0.382 e. The second-order valence-electron chi connectivity index (χ2n) is 4.78. The predicted molar refractivity (Wildman–Crippen MR) is 81.3 cm³/mol. The Bertz CT molecular complexity index is 644. The van der Waals surface area contributed by atoms with Crippen LogP contribution in [0.25, 0.3) is 10.6 Å². The van der Waals surface area contributed by atoms with E-state index in [9.17, 15) is 18.0 Å². The fourth-order valence-corrected chi connectivity index (χ4v) is 2.37. The molecule has 0 bridgehead atoms. The van der Waals surface area contributed by atoms with Crippen LogP contribution in [0.4, 0.5) is 23.7 Å². The van der Waals surface area contributed by atoms with Crippen LogP contribution in [0.15, 0.2) is 35.8 Å². The molecule has 9 heteroatoms. The zero-order chi connectivity index (χ0) is 17.0. The van der Waals surface area contributed by atoms with Gasteiger partial charge in [-0.1, -0.05) is 0 Å². The molecule has 0 radical (unpaired) electrons. The zero-order valence-corrected chi connectivity index (χ0v) is 12.9. The molecule has 1 aromatic carbocycles. The highest BCUT2D eigenvalue weighted by molar-refractivity contribution is 7.13. The van der Waals surface area contributed by atoms with Crippen LogP contribution < -0.4 is 5.32 Å². The molecule has 1 atom stereocenters. The van der Waals surface area contributed by atoms with Crippen molar-refractivity contribution >= 4 is 23.1 Å². The van der Waals surface area contributed by atoms with Gasteiger partial charge in [-0.2, -0.15) is 13.2 Å². The second-order valence-corrected chi connectivity index (χ2v) is 5.68. The van der Waals surface area contributed by atoms with Crippen LogP contribution >= 0.6 is 11.3 Å². The molecule has 0 spiro atoms. The first-order valence-electron chi connectivity index (χ1n) is 6.54. The van der Waals surface area contributed by atoms with Gasteiger partial charge in [0.15, 0.2) is 6.10 Å². The highest BCUT2D eigenvalue weighted by Gasteiger charge is 2.39. The number of hydrogen-bond acceptors (Lipinski definition) is 4. The summed E-state index contributed by atoms with van der Waals surface area (Å²) in [4.78, 5) is 16.7. The molecular weight excluding hydrogens is 331 g/mol. The molecule has 0 aliphatic heterocycles. The number of nitrogens with zero attached hydrogens (tertiary/aromatic N) is 2. The van der Waals surface area contributed by atoms with Crippen LogP contribution in [0.2, 0.25) is 0 Å². The minimum atomic E-state index is -4.76. The lowest BCUT2D eigenvalue weighted by atomic mass is 10.2. The molecule has 2 N–H and O–H groups in total. The van der Waals surface area contributed by atoms with Crippen molar-refractivity contribution in [2.75, 3.05) is 18.9 Å². The van der Waals surface area contributed by atoms with Gasteiger partial charge in [0.05, 0.1) is 6.54 Å². The van der Waals surface area contributed by atoms with E-state index in [2.05, 4.69) is 10.3 Å². The number of urea groups is 1. The number of hydrogen-bond donors (Lipinski definition) is 2. The fraction of sp³-hybridized carbons (Fsp3) is 0.286. The molecular formula is C14H14F3N3O2S. The molecule has 5 nitrogen and oxygen atoms in total. The topological polar surface area (TPSA) is 65.5 Å². The van der Waals surface area contributed by atoms with E-state index in [1.165, 1.54) is 18.4 Å². The number of alkyl halides is 3.